The number of methoxy groups -OCH3 is 1. The summed E-state index contributed by atoms with van der Waals surface area (Å²) in [5.41, 5.74) is 0.905. The van der Waals surface area contributed by atoms with E-state index in [9.17, 15) is 14.4 Å². The number of aliphatic carboxylic acids is 1. The highest BCUT2D eigenvalue weighted by Gasteiger charge is 2.24. The Morgan fingerprint density at radius 3 is 2.55 bits per heavy atom. The molecule has 7 heteroatoms. The Labute approximate surface area is 120 Å². The van der Waals surface area contributed by atoms with E-state index in [-0.39, 0.29) is 0 Å². The van der Waals surface area contributed by atoms with Gasteiger partial charge >= 0.3 is 11.9 Å². The zero-order valence-corrected chi connectivity index (χ0v) is 11.7. The number of benzene rings is 1. The Morgan fingerprint density at radius 1 is 1.40 bits per heavy atom. The fourth-order valence-corrected chi connectivity index (χ4v) is 1.79. The van der Waals surface area contributed by atoms with Crippen LogP contribution in [0.5, 0.6) is 0 Å². The summed E-state index contributed by atoms with van der Waals surface area (Å²) in [6.07, 6.45) is -0.440. The first kappa shape index (κ1) is 16.0. The molecule has 108 valence electrons. The monoisotopic (exact) mass is 299 g/mol. The molecule has 1 amide bonds. The van der Waals surface area contributed by atoms with Gasteiger partial charge in [-0.1, -0.05) is 11.6 Å². The molecule has 0 aromatic heterocycles. The first-order chi connectivity index (χ1) is 9.35. The van der Waals surface area contributed by atoms with Crippen molar-refractivity contribution < 1.29 is 24.2 Å². The zero-order valence-electron chi connectivity index (χ0n) is 11.0. The predicted octanol–water partition coefficient (Wildman–Crippen LogP) is 1.39. The largest absolute Gasteiger partial charge is 0.480 e. The van der Waals surface area contributed by atoms with Gasteiger partial charge in [-0.15, -0.1) is 0 Å². The smallest absolute Gasteiger partial charge is 0.326 e. The van der Waals surface area contributed by atoms with Crippen LogP contribution in [0.2, 0.25) is 5.02 Å². The molecule has 0 heterocycles. The SMILES string of the molecule is COC(=O)C[C@H](NC(=O)c1ccc(Cl)cc1C)C(=O)O. The fourth-order valence-electron chi connectivity index (χ4n) is 1.57. The lowest BCUT2D eigenvalue weighted by Crippen LogP contribution is -2.42. The highest BCUT2D eigenvalue weighted by atomic mass is 35.5. The minimum absolute atomic E-state index is 0.297. The number of amides is 1. The maximum Gasteiger partial charge on any atom is 0.326 e. The van der Waals surface area contributed by atoms with E-state index in [1.54, 1.807) is 13.0 Å². The van der Waals surface area contributed by atoms with Gasteiger partial charge in [0.05, 0.1) is 13.5 Å². The topological polar surface area (TPSA) is 92.7 Å². The molecule has 2 N–H and O–H groups in total. The molecule has 0 bridgehead atoms. The summed E-state index contributed by atoms with van der Waals surface area (Å²) < 4.78 is 4.39. The average molecular weight is 300 g/mol. The second-order valence-corrected chi connectivity index (χ2v) is 4.54. The van der Waals surface area contributed by atoms with Crippen molar-refractivity contribution in [1.82, 2.24) is 5.32 Å². The Hall–Kier alpha value is -2.08. The van der Waals surface area contributed by atoms with E-state index in [2.05, 4.69) is 10.1 Å². The molecule has 0 unspecified atom stereocenters. The highest BCUT2D eigenvalue weighted by molar-refractivity contribution is 6.30. The van der Waals surface area contributed by atoms with Crippen molar-refractivity contribution in [3.05, 3.63) is 34.3 Å². The van der Waals surface area contributed by atoms with Gasteiger partial charge in [0, 0.05) is 10.6 Å². The molecule has 0 saturated carbocycles. The first-order valence-corrected chi connectivity index (χ1v) is 6.09. The molecule has 0 fully saturated rings. The minimum Gasteiger partial charge on any atom is -0.480 e. The van der Waals surface area contributed by atoms with E-state index in [0.29, 0.717) is 16.1 Å². The molecule has 20 heavy (non-hydrogen) atoms. The summed E-state index contributed by atoms with van der Waals surface area (Å²) in [6, 6.07) is 3.26. The van der Waals surface area contributed by atoms with E-state index >= 15 is 0 Å². The third kappa shape index (κ3) is 4.24. The van der Waals surface area contributed by atoms with Crippen LogP contribution >= 0.6 is 11.6 Å². The van der Waals surface area contributed by atoms with E-state index in [4.69, 9.17) is 16.7 Å². The van der Waals surface area contributed by atoms with E-state index in [1.165, 1.54) is 12.1 Å². The van der Waals surface area contributed by atoms with Crippen molar-refractivity contribution in [3.8, 4) is 0 Å². The predicted molar refractivity (Wildman–Crippen MR) is 71.7 cm³/mol. The van der Waals surface area contributed by atoms with Crippen molar-refractivity contribution in [1.29, 1.82) is 0 Å². The van der Waals surface area contributed by atoms with Gasteiger partial charge in [0.15, 0.2) is 0 Å². The van der Waals surface area contributed by atoms with Crippen LogP contribution in [-0.2, 0) is 14.3 Å². The van der Waals surface area contributed by atoms with Gasteiger partial charge in [0.1, 0.15) is 6.04 Å². The van der Waals surface area contributed by atoms with Crippen LogP contribution in [0.15, 0.2) is 18.2 Å². The van der Waals surface area contributed by atoms with Gasteiger partial charge in [-0.05, 0) is 30.7 Å². The lowest BCUT2D eigenvalue weighted by Gasteiger charge is -2.14. The molecule has 0 aliphatic rings. The quantitative estimate of drug-likeness (QED) is 0.802. The van der Waals surface area contributed by atoms with Crippen molar-refractivity contribution in [2.24, 2.45) is 0 Å². The zero-order chi connectivity index (χ0) is 15.3. The normalized spacial score (nSPS) is 11.6. The molecule has 1 aromatic rings. The number of esters is 1. The lowest BCUT2D eigenvalue weighted by atomic mass is 10.1. The number of rotatable bonds is 5. The molecular formula is C13H14ClNO5. The third-order valence-electron chi connectivity index (χ3n) is 2.63. The number of nitrogens with one attached hydrogen (secondary N) is 1. The molecule has 0 aliphatic heterocycles. The molecule has 1 rings (SSSR count). The summed E-state index contributed by atoms with van der Waals surface area (Å²) in [5.74, 6) is -2.61. The molecule has 0 saturated heterocycles. The van der Waals surface area contributed by atoms with Gasteiger partial charge < -0.3 is 15.2 Å². The number of carboxylic acid groups (broad SMARTS) is 1. The number of hydrogen-bond acceptors (Lipinski definition) is 4. The highest BCUT2D eigenvalue weighted by Crippen LogP contribution is 2.15. The minimum atomic E-state index is -1.34. The van der Waals surface area contributed by atoms with Gasteiger partial charge in [0.2, 0.25) is 0 Å². The van der Waals surface area contributed by atoms with Crippen LogP contribution in [0.1, 0.15) is 22.3 Å². The Kier molecular flexibility index (Phi) is 5.52. The summed E-state index contributed by atoms with van der Waals surface area (Å²) in [7, 11) is 1.15. The summed E-state index contributed by atoms with van der Waals surface area (Å²) in [6.45, 7) is 1.68. The second-order valence-electron chi connectivity index (χ2n) is 4.10. The van der Waals surface area contributed by atoms with Crippen molar-refractivity contribution >= 4 is 29.4 Å². The standard InChI is InChI=1S/C13H14ClNO5/c1-7-5-8(14)3-4-9(7)12(17)15-10(13(18)19)6-11(16)20-2/h3-5,10H,6H2,1-2H3,(H,15,17)(H,18,19)/t10-/m0/s1. The maximum atomic E-state index is 12.0. The number of aryl methyl sites for hydroxylation is 1. The van der Waals surface area contributed by atoms with Gasteiger partial charge in [-0.2, -0.15) is 0 Å². The number of hydrogen-bond donors (Lipinski definition) is 2. The van der Waals surface area contributed by atoms with Crippen LogP contribution in [0.3, 0.4) is 0 Å². The fraction of sp³-hybridized carbons (Fsp3) is 0.308. The molecule has 0 spiro atoms. The molecule has 0 radical (unpaired) electrons. The Bertz CT molecular complexity index is 544. The summed E-state index contributed by atoms with van der Waals surface area (Å²) in [5, 5.41) is 11.7. The van der Waals surface area contributed by atoms with E-state index < -0.39 is 30.3 Å². The Morgan fingerprint density at radius 2 is 2.05 bits per heavy atom. The number of carbonyl (C=O) groups is 3. The van der Waals surface area contributed by atoms with Crippen LogP contribution in [0.4, 0.5) is 0 Å². The molecule has 0 aliphatic carbocycles. The van der Waals surface area contributed by atoms with E-state index in [0.717, 1.165) is 7.11 Å². The van der Waals surface area contributed by atoms with Gasteiger partial charge in [-0.25, -0.2) is 4.79 Å². The van der Waals surface area contributed by atoms with Gasteiger partial charge in [0.25, 0.3) is 5.91 Å². The second kappa shape index (κ2) is 6.91. The maximum absolute atomic E-state index is 12.0. The van der Waals surface area contributed by atoms with Crippen molar-refractivity contribution in [3.63, 3.8) is 0 Å². The number of ether oxygens (including phenoxy) is 1. The summed E-state index contributed by atoms with van der Waals surface area (Å²) in [4.78, 5) is 34.1. The third-order valence-corrected chi connectivity index (χ3v) is 2.87. The van der Waals surface area contributed by atoms with Crippen LogP contribution < -0.4 is 5.32 Å². The number of halogens is 1. The summed E-state index contributed by atoms with van der Waals surface area (Å²) >= 11 is 5.78. The van der Waals surface area contributed by atoms with Crippen LogP contribution in [0.25, 0.3) is 0 Å². The van der Waals surface area contributed by atoms with Crippen molar-refractivity contribution in [2.75, 3.05) is 7.11 Å². The molecule has 1 atom stereocenters. The van der Waals surface area contributed by atoms with Crippen molar-refractivity contribution in [2.45, 2.75) is 19.4 Å². The lowest BCUT2D eigenvalue weighted by molar-refractivity contribution is -0.147. The van der Waals surface area contributed by atoms with Gasteiger partial charge in [-0.3, -0.25) is 9.59 Å². The first-order valence-electron chi connectivity index (χ1n) is 5.71. The number of carbonyl (C=O) groups excluding carboxylic acids is 2. The van der Waals surface area contributed by atoms with Crippen LogP contribution in [-0.4, -0.2) is 36.1 Å². The Balaban J connectivity index is 2.85. The molecule has 6 nitrogen and oxygen atoms in total. The average Bonchev–Trinajstić information content (AvgIpc) is 2.37. The molecule has 1 aromatic carbocycles. The van der Waals surface area contributed by atoms with Crippen LogP contribution in [0, 0.1) is 6.92 Å². The molecular weight excluding hydrogens is 286 g/mol. The number of carboxylic acids is 1. The van der Waals surface area contributed by atoms with E-state index in [1.807, 2.05) is 0 Å².